The minimum Gasteiger partial charge on any atom is -0.294 e. The van der Waals surface area contributed by atoms with Crippen LogP contribution >= 0.6 is 0 Å². The Morgan fingerprint density at radius 2 is 1.29 bits per heavy atom. The zero-order valence-corrected chi connectivity index (χ0v) is 36.0. The van der Waals surface area contributed by atoms with Crippen molar-refractivity contribution < 1.29 is 0 Å². The number of hydrogen-bond donors (Lipinski definition) is 0. The molecule has 14 atom stereocenters. The van der Waals surface area contributed by atoms with Gasteiger partial charge in [-0.2, -0.15) is 0 Å². The molecular formula is C50H91N. The first kappa shape index (κ1) is 40.6. The van der Waals surface area contributed by atoms with Crippen LogP contribution in [0, 0.1) is 76.4 Å². The fourth-order valence-electron chi connectivity index (χ4n) is 15.4. The molecule has 296 valence electrons. The summed E-state index contributed by atoms with van der Waals surface area (Å²) in [7, 11) is 0. The molecule has 51 heavy (non-hydrogen) atoms. The predicted molar refractivity (Wildman–Crippen MR) is 223 cm³/mol. The first-order valence-electron chi connectivity index (χ1n) is 24.4. The lowest BCUT2D eigenvalue weighted by Crippen LogP contribution is -2.50. The van der Waals surface area contributed by atoms with Gasteiger partial charge in [-0.1, -0.05) is 158 Å². The third-order valence-electron chi connectivity index (χ3n) is 18.7. The molecule has 0 aromatic carbocycles. The Morgan fingerprint density at radius 3 is 2.02 bits per heavy atom. The van der Waals surface area contributed by atoms with Crippen LogP contribution in [0.4, 0.5) is 0 Å². The molecule has 1 aliphatic heterocycles. The van der Waals surface area contributed by atoms with Gasteiger partial charge < -0.3 is 0 Å². The quantitative estimate of drug-likeness (QED) is 0.193. The van der Waals surface area contributed by atoms with Crippen molar-refractivity contribution in [2.45, 2.75) is 240 Å². The van der Waals surface area contributed by atoms with Gasteiger partial charge in [0.25, 0.3) is 0 Å². The van der Waals surface area contributed by atoms with Gasteiger partial charge in [0.15, 0.2) is 0 Å². The summed E-state index contributed by atoms with van der Waals surface area (Å²) < 4.78 is 0. The smallest absolute Gasteiger partial charge is 0.0133 e. The van der Waals surface area contributed by atoms with E-state index in [-0.39, 0.29) is 0 Å². The summed E-state index contributed by atoms with van der Waals surface area (Å²) in [6.07, 6.45) is 39.0. The van der Waals surface area contributed by atoms with Gasteiger partial charge in [0.2, 0.25) is 0 Å². The van der Waals surface area contributed by atoms with Crippen LogP contribution in [0.5, 0.6) is 0 Å². The van der Waals surface area contributed by atoms with Crippen LogP contribution in [0.2, 0.25) is 0 Å². The predicted octanol–water partition coefficient (Wildman–Crippen LogP) is 15.2. The number of likely N-dealkylation sites (tertiary alicyclic amines) is 1. The van der Waals surface area contributed by atoms with Gasteiger partial charge in [-0.15, -0.1) is 0 Å². The van der Waals surface area contributed by atoms with Crippen LogP contribution in [0.25, 0.3) is 0 Å². The topological polar surface area (TPSA) is 3.24 Å². The molecule has 0 radical (unpaired) electrons. The molecule has 14 unspecified atom stereocenters. The third kappa shape index (κ3) is 9.17. The average Bonchev–Trinajstić information content (AvgIpc) is 3.87. The zero-order valence-electron chi connectivity index (χ0n) is 36.0. The number of rotatable bonds is 11. The number of fused-ring (bicyclic) bond motifs is 2. The molecule has 6 aliphatic rings. The molecule has 0 spiro atoms. The Balaban J connectivity index is 1.32. The van der Waals surface area contributed by atoms with Crippen molar-refractivity contribution in [1.82, 2.24) is 4.90 Å². The molecule has 1 heterocycles. The fraction of sp³-hybridized carbons (Fsp3) is 1.00. The van der Waals surface area contributed by atoms with E-state index in [2.05, 4.69) is 60.3 Å². The maximum Gasteiger partial charge on any atom is 0.0133 e. The summed E-state index contributed by atoms with van der Waals surface area (Å²) in [6, 6.07) is 2.55. The van der Waals surface area contributed by atoms with E-state index in [1.165, 1.54) is 154 Å². The molecule has 0 N–H and O–H groups in total. The first-order chi connectivity index (χ1) is 24.6. The van der Waals surface area contributed by atoms with Crippen molar-refractivity contribution >= 4 is 0 Å². The molecule has 6 rings (SSSR count). The lowest BCUT2D eigenvalue weighted by atomic mass is 9.58. The van der Waals surface area contributed by atoms with Crippen LogP contribution in [0.3, 0.4) is 0 Å². The molecule has 1 heteroatoms. The molecule has 0 aromatic rings. The highest BCUT2D eigenvalue weighted by molar-refractivity contribution is 5.05. The maximum atomic E-state index is 3.36. The van der Waals surface area contributed by atoms with Crippen LogP contribution in [0.15, 0.2) is 0 Å². The van der Waals surface area contributed by atoms with E-state index in [1.807, 2.05) is 0 Å². The molecule has 0 aromatic heterocycles. The molecule has 5 aliphatic carbocycles. The molecule has 1 nitrogen and oxygen atoms in total. The summed E-state index contributed by atoms with van der Waals surface area (Å²) in [5, 5.41) is 0. The van der Waals surface area contributed by atoms with Crippen molar-refractivity contribution in [1.29, 1.82) is 0 Å². The van der Waals surface area contributed by atoms with Crippen molar-refractivity contribution in [3.63, 3.8) is 0 Å². The highest BCUT2D eigenvalue weighted by atomic mass is 15.3. The molecule has 0 amide bonds. The fourth-order valence-corrected chi connectivity index (χ4v) is 15.4. The van der Waals surface area contributed by atoms with Gasteiger partial charge in [0, 0.05) is 18.1 Å². The lowest BCUT2D eigenvalue weighted by molar-refractivity contribution is -0.00728. The van der Waals surface area contributed by atoms with Crippen LogP contribution in [-0.4, -0.2) is 23.0 Å². The third-order valence-corrected chi connectivity index (χ3v) is 18.7. The Labute approximate surface area is 320 Å². The van der Waals surface area contributed by atoms with Gasteiger partial charge >= 0.3 is 0 Å². The summed E-state index contributed by atoms with van der Waals surface area (Å²) in [6.45, 7) is 21.5. The molecule has 1 saturated heterocycles. The van der Waals surface area contributed by atoms with Crippen molar-refractivity contribution in [3.05, 3.63) is 0 Å². The normalized spacial score (nSPS) is 43.6. The highest BCUT2D eigenvalue weighted by Gasteiger charge is 2.52. The number of hydrogen-bond acceptors (Lipinski definition) is 1. The minimum atomic E-state index is 0.415. The standard InChI is InChI=1S/C50H91N/c1-9-11-13-25-45-43(37(5)39-20-14-15-21-39)29-30-46(45)47-31-28-35(3)32-40-22-16-17-23-41(40)34-42(33-36(4)50(47,7)8)51-48(26-12-10-2)38(6)44-24-18-19-27-49(44)51/h35-49H,9-34H2,1-8H3. The summed E-state index contributed by atoms with van der Waals surface area (Å²) in [5.41, 5.74) is 0.415. The molecule has 0 bridgehead atoms. The second-order valence-electron chi connectivity index (χ2n) is 21.7. The highest BCUT2D eigenvalue weighted by Crippen LogP contribution is 2.58. The van der Waals surface area contributed by atoms with E-state index in [4.69, 9.17) is 0 Å². The van der Waals surface area contributed by atoms with E-state index < -0.39 is 0 Å². The SMILES string of the molecule is CCCCCC1C(C(C)C2CCCC2)CCC1C1CCC(C)CC2CCCCC2CC(N2C(CCCC)C(C)C3CCCCC32)CC(C)C1(C)C. The summed E-state index contributed by atoms with van der Waals surface area (Å²) >= 11 is 0. The van der Waals surface area contributed by atoms with Gasteiger partial charge in [0.1, 0.15) is 0 Å². The van der Waals surface area contributed by atoms with Gasteiger partial charge in [0.05, 0.1) is 0 Å². The van der Waals surface area contributed by atoms with Crippen LogP contribution < -0.4 is 0 Å². The average molecular weight is 706 g/mol. The Hall–Kier alpha value is -0.0400. The van der Waals surface area contributed by atoms with Gasteiger partial charge in [-0.25, -0.2) is 0 Å². The van der Waals surface area contributed by atoms with Gasteiger partial charge in [-0.05, 0) is 141 Å². The lowest BCUT2D eigenvalue weighted by Gasteiger charge is -2.50. The largest absolute Gasteiger partial charge is 0.294 e. The van der Waals surface area contributed by atoms with E-state index in [9.17, 15) is 0 Å². The second kappa shape index (κ2) is 18.7. The Morgan fingerprint density at radius 1 is 0.627 bits per heavy atom. The van der Waals surface area contributed by atoms with Crippen LogP contribution in [0.1, 0.15) is 222 Å². The Bertz CT molecular complexity index is 1010. The monoisotopic (exact) mass is 706 g/mol. The van der Waals surface area contributed by atoms with E-state index in [0.29, 0.717) is 5.41 Å². The molecule has 5 saturated carbocycles. The van der Waals surface area contributed by atoms with Gasteiger partial charge in [-0.3, -0.25) is 4.90 Å². The Kier molecular flexibility index (Phi) is 14.9. The van der Waals surface area contributed by atoms with Crippen molar-refractivity contribution in [3.8, 4) is 0 Å². The zero-order chi connectivity index (χ0) is 36.1. The molecule has 6 fully saturated rings. The van der Waals surface area contributed by atoms with Crippen molar-refractivity contribution in [2.75, 3.05) is 0 Å². The van der Waals surface area contributed by atoms with E-state index in [0.717, 1.165) is 89.1 Å². The van der Waals surface area contributed by atoms with Crippen molar-refractivity contribution in [2.24, 2.45) is 76.4 Å². The summed E-state index contributed by atoms with van der Waals surface area (Å²) in [5.74, 6) is 11.4. The maximum absolute atomic E-state index is 3.36. The van der Waals surface area contributed by atoms with Crippen LogP contribution in [-0.2, 0) is 0 Å². The number of nitrogens with zero attached hydrogens (tertiary/aromatic N) is 1. The molecular weight excluding hydrogens is 615 g/mol. The second-order valence-corrected chi connectivity index (χ2v) is 21.7. The minimum absolute atomic E-state index is 0.415. The van der Waals surface area contributed by atoms with E-state index >= 15 is 0 Å². The summed E-state index contributed by atoms with van der Waals surface area (Å²) in [4.78, 5) is 3.36. The number of unbranched alkanes of at least 4 members (excludes halogenated alkanes) is 3. The van der Waals surface area contributed by atoms with E-state index in [1.54, 1.807) is 12.8 Å². The first-order valence-corrected chi connectivity index (χ1v) is 24.4.